The summed E-state index contributed by atoms with van der Waals surface area (Å²) >= 11 is 5.75. The molecule has 0 radical (unpaired) electrons. The number of benzene rings is 1. The van der Waals surface area contributed by atoms with Crippen LogP contribution in [0, 0.1) is 21.4 Å². The first kappa shape index (κ1) is 17.6. The van der Waals surface area contributed by atoms with Gasteiger partial charge in [-0.3, -0.25) is 15.2 Å². The van der Waals surface area contributed by atoms with Crippen LogP contribution in [-0.2, 0) is 6.18 Å². The summed E-state index contributed by atoms with van der Waals surface area (Å²) in [6, 6.07) is 5.10. The van der Waals surface area contributed by atoms with E-state index in [0.29, 0.717) is 0 Å². The van der Waals surface area contributed by atoms with Gasteiger partial charge in [-0.25, -0.2) is 0 Å². The Bertz CT molecular complexity index is 993. The largest absolute Gasteiger partial charge is 0.433 e. The molecule has 0 saturated carbocycles. The third kappa shape index (κ3) is 2.70. The SMILES string of the molecule is N#CC1=C(N)Oc2n[nH]c(C(F)(F)F)c2C1c1ccc(Cl)c([N+](=O)[O-])c1. The summed E-state index contributed by atoms with van der Waals surface area (Å²) in [7, 11) is 0. The standard InChI is InChI=1S/C14H7ClF3N5O3/c15-7-2-1-5(3-8(7)23(24)25)9-6(4-19)12(20)26-13-10(9)11(21-22-13)14(16,17)18/h1-3,9H,20H2,(H,21,22). The van der Waals surface area contributed by atoms with Gasteiger partial charge in [-0.05, 0) is 11.6 Å². The molecule has 1 aliphatic rings. The second-order valence-corrected chi connectivity index (χ2v) is 5.62. The monoisotopic (exact) mass is 385 g/mol. The van der Waals surface area contributed by atoms with Gasteiger partial charge in [-0.2, -0.15) is 18.4 Å². The zero-order valence-electron chi connectivity index (χ0n) is 12.5. The minimum Gasteiger partial charge on any atom is -0.420 e. The van der Waals surface area contributed by atoms with Gasteiger partial charge in [0.25, 0.3) is 5.69 Å². The Morgan fingerprint density at radius 2 is 2.15 bits per heavy atom. The van der Waals surface area contributed by atoms with Crippen LogP contribution in [0.1, 0.15) is 22.7 Å². The number of aromatic amines is 1. The minimum atomic E-state index is -4.83. The topological polar surface area (TPSA) is 131 Å². The zero-order chi connectivity index (χ0) is 19.2. The molecule has 2 heterocycles. The molecule has 1 aromatic carbocycles. The molecule has 1 aliphatic heterocycles. The van der Waals surface area contributed by atoms with E-state index < -0.39 is 45.7 Å². The number of rotatable bonds is 2. The lowest BCUT2D eigenvalue weighted by Gasteiger charge is -2.24. The maximum Gasteiger partial charge on any atom is 0.433 e. The number of nitrogens with two attached hydrogens (primary N) is 1. The number of nitro groups is 1. The van der Waals surface area contributed by atoms with E-state index in [1.807, 2.05) is 5.10 Å². The second kappa shape index (κ2) is 5.92. The lowest BCUT2D eigenvalue weighted by Crippen LogP contribution is -2.23. The Morgan fingerprint density at radius 3 is 2.73 bits per heavy atom. The molecule has 2 aromatic rings. The van der Waals surface area contributed by atoms with Gasteiger partial charge in [0.15, 0.2) is 0 Å². The number of nitriles is 1. The summed E-state index contributed by atoms with van der Waals surface area (Å²) in [5.41, 5.74) is 3.05. The maximum atomic E-state index is 13.3. The highest BCUT2D eigenvalue weighted by atomic mass is 35.5. The molecule has 8 nitrogen and oxygen atoms in total. The van der Waals surface area contributed by atoms with Crippen molar-refractivity contribution in [3.05, 3.63) is 61.6 Å². The summed E-state index contributed by atoms with van der Waals surface area (Å²) < 4.78 is 44.9. The molecular formula is C14H7ClF3N5O3. The third-order valence-corrected chi connectivity index (χ3v) is 4.04. The predicted octanol–water partition coefficient (Wildman–Crippen LogP) is 3.21. The fraction of sp³-hybridized carbons (Fsp3) is 0.143. The molecule has 12 heteroatoms. The molecule has 3 N–H and O–H groups in total. The summed E-state index contributed by atoms with van der Waals surface area (Å²) in [5, 5.41) is 25.5. The Balaban J connectivity index is 2.30. The Labute approximate surface area is 147 Å². The van der Waals surface area contributed by atoms with Gasteiger partial charge in [-0.1, -0.05) is 17.7 Å². The number of hydrogen-bond donors (Lipinski definition) is 2. The van der Waals surface area contributed by atoms with Crippen LogP contribution in [0.15, 0.2) is 29.7 Å². The second-order valence-electron chi connectivity index (χ2n) is 5.21. The number of aromatic nitrogens is 2. The van der Waals surface area contributed by atoms with Gasteiger partial charge in [0.1, 0.15) is 22.4 Å². The van der Waals surface area contributed by atoms with Crippen LogP contribution in [0.25, 0.3) is 0 Å². The molecule has 0 aliphatic carbocycles. The molecule has 0 saturated heterocycles. The molecule has 1 unspecified atom stereocenters. The lowest BCUT2D eigenvalue weighted by atomic mass is 9.83. The average Bonchev–Trinajstić information content (AvgIpc) is 2.97. The fourth-order valence-electron chi connectivity index (χ4n) is 2.64. The van der Waals surface area contributed by atoms with Crippen molar-refractivity contribution < 1.29 is 22.8 Å². The molecule has 3 rings (SSSR count). The maximum absolute atomic E-state index is 13.3. The van der Waals surface area contributed by atoms with Crippen LogP contribution in [0.5, 0.6) is 5.88 Å². The zero-order valence-corrected chi connectivity index (χ0v) is 13.2. The summed E-state index contributed by atoms with van der Waals surface area (Å²) in [5.74, 6) is -2.27. The number of nitrogens with zero attached hydrogens (tertiary/aromatic N) is 3. The van der Waals surface area contributed by atoms with Gasteiger partial charge in [0, 0.05) is 6.07 Å². The van der Waals surface area contributed by atoms with Gasteiger partial charge < -0.3 is 10.5 Å². The van der Waals surface area contributed by atoms with Crippen LogP contribution in [0.4, 0.5) is 18.9 Å². The molecule has 1 aromatic heterocycles. The highest BCUT2D eigenvalue weighted by Crippen LogP contribution is 2.47. The van der Waals surface area contributed by atoms with Crippen LogP contribution >= 0.6 is 11.6 Å². The van der Waals surface area contributed by atoms with E-state index in [1.54, 1.807) is 6.07 Å². The number of allylic oxidation sites excluding steroid dienone is 1. The molecule has 0 spiro atoms. The van der Waals surface area contributed by atoms with Crippen LogP contribution < -0.4 is 10.5 Å². The number of halogens is 4. The van der Waals surface area contributed by atoms with E-state index >= 15 is 0 Å². The van der Waals surface area contributed by atoms with Crippen LogP contribution in [0.3, 0.4) is 0 Å². The van der Waals surface area contributed by atoms with Crippen molar-refractivity contribution >= 4 is 17.3 Å². The van der Waals surface area contributed by atoms with Crippen molar-refractivity contribution in [3.63, 3.8) is 0 Å². The van der Waals surface area contributed by atoms with Crippen molar-refractivity contribution in [2.24, 2.45) is 5.73 Å². The number of hydrogen-bond acceptors (Lipinski definition) is 6. The minimum absolute atomic E-state index is 0.0112. The average molecular weight is 386 g/mol. The van der Waals surface area contributed by atoms with E-state index in [0.717, 1.165) is 12.1 Å². The highest BCUT2D eigenvalue weighted by molar-refractivity contribution is 6.32. The summed E-state index contributed by atoms with van der Waals surface area (Å²) in [4.78, 5) is 10.3. The van der Waals surface area contributed by atoms with Gasteiger partial charge in [0.2, 0.25) is 11.8 Å². The Hall–Kier alpha value is -3.26. The van der Waals surface area contributed by atoms with Crippen molar-refractivity contribution in [1.82, 2.24) is 10.2 Å². The molecule has 1 atom stereocenters. The quantitative estimate of drug-likeness (QED) is 0.602. The first-order valence-corrected chi connectivity index (χ1v) is 7.19. The number of ether oxygens (including phenoxy) is 1. The number of nitro benzene ring substituents is 1. The smallest absolute Gasteiger partial charge is 0.420 e. The van der Waals surface area contributed by atoms with Crippen molar-refractivity contribution in [2.45, 2.75) is 12.1 Å². The molecule has 0 bridgehead atoms. The van der Waals surface area contributed by atoms with E-state index in [2.05, 4.69) is 5.10 Å². The van der Waals surface area contributed by atoms with Crippen molar-refractivity contribution in [1.29, 1.82) is 5.26 Å². The van der Waals surface area contributed by atoms with Crippen molar-refractivity contribution in [2.75, 3.05) is 0 Å². The molecule has 134 valence electrons. The number of nitrogens with one attached hydrogen (secondary N) is 1. The van der Waals surface area contributed by atoms with E-state index in [-0.39, 0.29) is 16.2 Å². The summed E-state index contributed by atoms with van der Waals surface area (Å²) in [6.45, 7) is 0. The normalized spacial score (nSPS) is 16.7. The van der Waals surface area contributed by atoms with Gasteiger partial charge in [0.05, 0.1) is 16.4 Å². The van der Waals surface area contributed by atoms with E-state index in [4.69, 9.17) is 22.1 Å². The molecule has 26 heavy (non-hydrogen) atoms. The fourth-order valence-corrected chi connectivity index (χ4v) is 2.83. The van der Waals surface area contributed by atoms with E-state index in [9.17, 15) is 28.5 Å². The Morgan fingerprint density at radius 1 is 1.46 bits per heavy atom. The number of alkyl halides is 3. The number of H-pyrrole nitrogens is 1. The highest BCUT2D eigenvalue weighted by Gasteiger charge is 2.44. The van der Waals surface area contributed by atoms with Gasteiger partial charge >= 0.3 is 6.18 Å². The third-order valence-electron chi connectivity index (χ3n) is 3.72. The predicted molar refractivity (Wildman–Crippen MR) is 81.0 cm³/mol. The van der Waals surface area contributed by atoms with Crippen LogP contribution in [-0.4, -0.2) is 15.1 Å². The lowest BCUT2D eigenvalue weighted by molar-refractivity contribution is -0.384. The number of fused-ring (bicyclic) bond motifs is 1. The van der Waals surface area contributed by atoms with Crippen molar-refractivity contribution in [3.8, 4) is 11.9 Å². The Kier molecular flexibility index (Phi) is 4.00. The van der Waals surface area contributed by atoms with E-state index in [1.165, 1.54) is 6.07 Å². The molecule has 0 fully saturated rings. The first-order valence-electron chi connectivity index (χ1n) is 6.82. The molecular weight excluding hydrogens is 379 g/mol. The first-order chi connectivity index (χ1) is 12.1. The van der Waals surface area contributed by atoms with Crippen LogP contribution in [0.2, 0.25) is 5.02 Å². The van der Waals surface area contributed by atoms with Gasteiger partial charge in [-0.15, -0.1) is 5.10 Å². The summed E-state index contributed by atoms with van der Waals surface area (Å²) in [6.07, 6.45) is -4.83. The molecule has 0 amide bonds.